The lowest BCUT2D eigenvalue weighted by Gasteiger charge is -2.26. The Bertz CT molecular complexity index is 621. The fourth-order valence-corrected chi connectivity index (χ4v) is 3.29. The van der Waals surface area contributed by atoms with E-state index in [9.17, 15) is 0 Å². The second-order valence-corrected chi connectivity index (χ2v) is 6.38. The van der Waals surface area contributed by atoms with Crippen molar-refractivity contribution in [2.24, 2.45) is 0 Å². The summed E-state index contributed by atoms with van der Waals surface area (Å²) in [7, 11) is 1.91. The van der Waals surface area contributed by atoms with Crippen molar-refractivity contribution in [1.29, 1.82) is 0 Å². The molecule has 0 amide bonds. The van der Waals surface area contributed by atoms with Crippen LogP contribution in [0.3, 0.4) is 0 Å². The molecule has 3 rings (SSSR count). The van der Waals surface area contributed by atoms with Gasteiger partial charge in [-0.1, -0.05) is 53.9 Å². The van der Waals surface area contributed by atoms with Crippen LogP contribution >= 0.6 is 23.2 Å². The van der Waals surface area contributed by atoms with E-state index >= 15 is 0 Å². The lowest BCUT2D eigenvalue weighted by molar-refractivity contribution is 0.419. The Morgan fingerprint density at radius 3 is 2.43 bits per heavy atom. The number of hydrogen-bond donors (Lipinski definition) is 1. The van der Waals surface area contributed by atoms with Gasteiger partial charge in [-0.3, -0.25) is 4.98 Å². The van der Waals surface area contributed by atoms with Gasteiger partial charge in [-0.25, -0.2) is 0 Å². The topological polar surface area (TPSA) is 24.9 Å². The van der Waals surface area contributed by atoms with Crippen molar-refractivity contribution in [1.82, 2.24) is 10.3 Å². The highest BCUT2D eigenvalue weighted by molar-refractivity contribution is 6.34. The molecule has 21 heavy (non-hydrogen) atoms. The van der Waals surface area contributed by atoms with E-state index in [0.717, 1.165) is 17.2 Å². The van der Waals surface area contributed by atoms with Gasteiger partial charge in [0.05, 0.1) is 21.8 Å². The van der Waals surface area contributed by atoms with Crippen LogP contribution in [0.4, 0.5) is 0 Å². The molecule has 0 spiro atoms. The number of nitrogens with zero attached hydrogens (tertiary/aromatic N) is 1. The Labute approximate surface area is 135 Å². The maximum absolute atomic E-state index is 6.28. The smallest absolute Gasteiger partial charge is 0.0805 e. The first kappa shape index (κ1) is 14.8. The third kappa shape index (κ3) is 3.08. The fourth-order valence-electron chi connectivity index (χ4n) is 2.80. The molecular weight excluding hydrogens is 303 g/mol. The van der Waals surface area contributed by atoms with Crippen LogP contribution < -0.4 is 5.32 Å². The Morgan fingerprint density at radius 2 is 1.90 bits per heavy atom. The number of aromatic nitrogens is 1. The molecule has 1 atom stereocenters. The molecule has 2 nitrogen and oxygen atoms in total. The van der Waals surface area contributed by atoms with Gasteiger partial charge in [0.25, 0.3) is 0 Å². The van der Waals surface area contributed by atoms with Crippen LogP contribution in [0.25, 0.3) is 0 Å². The zero-order chi connectivity index (χ0) is 14.8. The zero-order valence-corrected chi connectivity index (χ0v) is 13.5. The molecule has 110 valence electrons. The number of nitrogens with one attached hydrogen (secondary N) is 1. The molecule has 1 N–H and O–H groups in total. The summed E-state index contributed by atoms with van der Waals surface area (Å²) in [5.74, 6) is 0.754. The van der Waals surface area contributed by atoms with Gasteiger partial charge < -0.3 is 5.32 Å². The largest absolute Gasteiger partial charge is 0.308 e. The van der Waals surface area contributed by atoms with E-state index in [-0.39, 0.29) is 6.04 Å². The van der Waals surface area contributed by atoms with Crippen molar-refractivity contribution in [3.63, 3.8) is 0 Å². The van der Waals surface area contributed by atoms with E-state index in [1.165, 1.54) is 24.8 Å². The molecule has 0 radical (unpaired) electrons. The van der Waals surface area contributed by atoms with Crippen molar-refractivity contribution in [2.45, 2.75) is 31.2 Å². The maximum atomic E-state index is 6.28. The lowest BCUT2D eigenvalue weighted by atomic mass is 9.80. The minimum Gasteiger partial charge on any atom is -0.308 e. The molecule has 1 aliphatic carbocycles. The average molecular weight is 321 g/mol. The monoisotopic (exact) mass is 320 g/mol. The van der Waals surface area contributed by atoms with Crippen LogP contribution in [0.5, 0.6) is 0 Å². The van der Waals surface area contributed by atoms with Gasteiger partial charge in [0.1, 0.15) is 0 Å². The summed E-state index contributed by atoms with van der Waals surface area (Å²) in [6.45, 7) is 0. The highest BCUT2D eigenvalue weighted by Gasteiger charge is 2.21. The van der Waals surface area contributed by atoms with Gasteiger partial charge in [-0.15, -0.1) is 0 Å². The van der Waals surface area contributed by atoms with Gasteiger partial charge in [-0.2, -0.15) is 0 Å². The minimum absolute atomic E-state index is 0.0230. The first-order chi connectivity index (χ1) is 10.2. The third-order valence-electron chi connectivity index (χ3n) is 4.24. The van der Waals surface area contributed by atoms with Crippen LogP contribution in [0.15, 0.2) is 36.5 Å². The SMILES string of the molecule is CNC(c1ccc(C2CCC2)cc1)c1ncc(Cl)cc1Cl. The summed E-state index contributed by atoms with van der Waals surface area (Å²) in [6.07, 6.45) is 5.63. The molecule has 4 heteroatoms. The first-order valence-corrected chi connectivity index (χ1v) is 8.02. The molecule has 1 aliphatic rings. The average Bonchev–Trinajstić information content (AvgIpc) is 2.42. The van der Waals surface area contributed by atoms with E-state index in [1.54, 1.807) is 12.3 Å². The Morgan fingerprint density at radius 1 is 1.19 bits per heavy atom. The van der Waals surface area contributed by atoms with Gasteiger partial charge >= 0.3 is 0 Å². The molecule has 0 saturated heterocycles. The van der Waals surface area contributed by atoms with Crippen LogP contribution in [0.2, 0.25) is 10.0 Å². The Balaban J connectivity index is 1.88. The molecule has 0 bridgehead atoms. The van der Waals surface area contributed by atoms with Crippen molar-refractivity contribution < 1.29 is 0 Å². The number of pyridine rings is 1. The van der Waals surface area contributed by atoms with E-state index in [2.05, 4.69) is 34.6 Å². The third-order valence-corrected chi connectivity index (χ3v) is 4.75. The van der Waals surface area contributed by atoms with E-state index < -0.39 is 0 Å². The van der Waals surface area contributed by atoms with Crippen molar-refractivity contribution in [3.8, 4) is 0 Å². The van der Waals surface area contributed by atoms with Gasteiger partial charge in [0, 0.05) is 6.20 Å². The summed E-state index contributed by atoms with van der Waals surface area (Å²) >= 11 is 12.2. The summed E-state index contributed by atoms with van der Waals surface area (Å²) in [5.41, 5.74) is 3.41. The van der Waals surface area contributed by atoms with Crippen LogP contribution in [0, 0.1) is 0 Å². The molecular formula is C17H18Cl2N2. The van der Waals surface area contributed by atoms with Gasteiger partial charge in [0.15, 0.2) is 0 Å². The maximum Gasteiger partial charge on any atom is 0.0805 e. The van der Waals surface area contributed by atoms with E-state index in [0.29, 0.717) is 10.0 Å². The van der Waals surface area contributed by atoms with Crippen LogP contribution in [-0.2, 0) is 0 Å². The summed E-state index contributed by atoms with van der Waals surface area (Å²) < 4.78 is 0. The number of hydrogen-bond acceptors (Lipinski definition) is 2. The first-order valence-electron chi connectivity index (χ1n) is 7.27. The quantitative estimate of drug-likeness (QED) is 0.860. The van der Waals surface area contributed by atoms with Crippen LogP contribution in [0.1, 0.15) is 48.0 Å². The van der Waals surface area contributed by atoms with Crippen molar-refractivity contribution in [2.75, 3.05) is 7.05 Å². The molecule has 1 saturated carbocycles. The van der Waals surface area contributed by atoms with E-state index in [4.69, 9.17) is 23.2 Å². The number of halogens is 2. The molecule has 1 aromatic heterocycles. The fraction of sp³-hybridized carbons (Fsp3) is 0.353. The van der Waals surface area contributed by atoms with Crippen molar-refractivity contribution >= 4 is 23.2 Å². The van der Waals surface area contributed by atoms with Crippen molar-refractivity contribution in [3.05, 3.63) is 63.4 Å². The summed E-state index contributed by atoms with van der Waals surface area (Å²) in [5, 5.41) is 4.42. The molecule has 1 unspecified atom stereocenters. The summed E-state index contributed by atoms with van der Waals surface area (Å²) in [4.78, 5) is 4.38. The molecule has 1 aromatic carbocycles. The Hall–Kier alpha value is -1.09. The highest BCUT2D eigenvalue weighted by Crippen LogP contribution is 2.37. The molecule has 1 heterocycles. The highest BCUT2D eigenvalue weighted by atomic mass is 35.5. The second kappa shape index (κ2) is 6.35. The lowest BCUT2D eigenvalue weighted by Crippen LogP contribution is -2.19. The molecule has 1 fully saturated rings. The van der Waals surface area contributed by atoms with Gasteiger partial charge in [0.2, 0.25) is 0 Å². The predicted molar refractivity (Wildman–Crippen MR) is 88.2 cm³/mol. The number of rotatable bonds is 4. The summed E-state index contributed by atoms with van der Waals surface area (Å²) in [6, 6.07) is 10.5. The normalized spacial score (nSPS) is 16.5. The molecule has 0 aliphatic heterocycles. The molecule has 2 aromatic rings. The zero-order valence-electron chi connectivity index (χ0n) is 11.9. The number of benzene rings is 1. The second-order valence-electron chi connectivity index (χ2n) is 5.54. The van der Waals surface area contributed by atoms with E-state index in [1.807, 2.05) is 7.05 Å². The minimum atomic E-state index is -0.0230. The van der Waals surface area contributed by atoms with Gasteiger partial charge in [-0.05, 0) is 43.0 Å². The predicted octanol–water partition coefficient (Wildman–Crippen LogP) is 4.96. The Kier molecular flexibility index (Phi) is 4.48. The standard InChI is InChI=1S/C17H18Cl2N2/c1-20-16(17-15(19)9-14(18)10-21-17)13-7-5-12(6-8-13)11-3-2-4-11/h5-11,16,20H,2-4H2,1H3. The van der Waals surface area contributed by atoms with Crippen LogP contribution in [-0.4, -0.2) is 12.0 Å².